The number of aliphatic carboxylic acids is 1. The van der Waals surface area contributed by atoms with Gasteiger partial charge in [0.25, 0.3) is 5.91 Å². The highest BCUT2D eigenvalue weighted by Crippen LogP contribution is 2.26. The molecule has 0 saturated heterocycles. The van der Waals surface area contributed by atoms with Crippen molar-refractivity contribution in [2.45, 2.75) is 20.3 Å². The highest BCUT2D eigenvalue weighted by atomic mass is 16.5. The number of rotatable bonds is 6. The van der Waals surface area contributed by atoms with Gasteiger partial charge >= 0.3 is 5.97 Å². The summed E-state index contributed by atoms with van der Waals surface area (Å²) in [7, 11) is 0. The number of nitrogens with zero attached hydrogens (tertiary/aromatic N) is 1. The van der Waals surface area contributed by atoms with Crippen LogP contribution in [0.5, 0.6) is 5.75 Å². The summed E-state index contributed by atoms with van der Waals surface area (Å²) in [5, 5.41) is 9.70. The van der Waals surface area contributed by atoms with Gasteiger partial charge in [0, 0.05) is 22.7 Å². The molecule has 1 N–H and O–H groups in total. The van der Waals surface area contributed by atoms with Crippen molar-refractivity contribution < 1.29 is 19.4 Å². The summed E-state index contributed by atoms with van der Waals surface area (Å²) in [5.41, 5.74) is 2.85. The van der Waals surface area contributed by atoms with Gasteiger partial charge in [-0.25, -0.2) is 4.79 Å². The van der Waals surface area contributed by atoms with Crippen LogP contribution >= 0.6 is 0 Å². The van der Waals surface area contributed by atoms with Crippen molar-refractivity contribution >= 4 is 28.9 Å². The van der Waals surface area contributed by atoms with E-state index in [-0.39, 0.29) is 5.91 Å². The average molecular weight is 363 g/mol. The fraction of sp³-hybridized carbons (Fsp3) is 0.182. The number of carboxylic acid groups (broad SMARTS) is 1. The van der Waals surface area contributed by atoms with E-state index >= 15 is 0 Å². The first-order valence-electron chi connectivity index (χ1n) is 8.81. The molecular formula is C22H21NO4. The van der Waals surface area contributed by atoms with Crippen molar-refractivity contribution in [1.29, 1.82) is 0 Å². The Morgan fingerprint density at radius 3 is 2.56 bits per heavy atom. The largest absolute Gasteiger partial charge is 0.494 e. The zero-order chi connectivity index (χ0) is 19.4. The molecule has 0 aliphatic rings. The Morgan fingerprint density at radius 1 is 1.15 bits per heavy atom. The minimum absolute atomic E-state index is 0.135. The predicted octanol–water partition coefficient (Wildman–Crippen LogP) is 4.52. The number of hydrogen-bond acceptors (Lipinski definition) is 3. The Kier molecular flexibility index (Phi) is 5.41. The summed E-state index contributed by atoms with van der Waals surface area (Å²) >= 11 is 0. The molecule has 5 heteroatoms. The molecule has 0 fully saturated rings. The van der Waals surface area contributed by atoms with Gasteiger partial charge in [0.05, 0.1) is 12.1 Å². The van der Waals surface area contributed by atoms with E-state index in [2.05, 4.69) is 0 Å². The third kappa shape index (κ3) is 3.92. The molecule has 0 aliphatic carbocycles. The Hall–Kier alpha value is -3.34. The molecule has 0 aliphatic heterocycles. The van der Waals surface area contributed by atoms with Gasteiger partial charge in [-0.2, -0.15) is 0 Å². The standard InChI is InChI=1S/C22H21NO4/c1-3-13-27-18-10-7-17(8-11-18)22(26)23-15(2)14-19-16(9-12-21(24)25)5-4-6-20(19)23/h4-12,14H,3,13H2,1-2H3,(H,24,25)/b12-9+. The maximum Gasteiger partial charge on any atom is 0.328 e. The smallest absolute Gasteiger partial charge is 0.328 e. The summed E-state index contributed by atoms with van der Waals surface area (Å²) in [5.74, 6) is -0.405. The molecule has 0 atom stereocenters. The van der Waals surface area contributed by atoms with Crippen molar-refractivity contribution in [2.75, 3.05) is 6.61 Å². The van der Waals surface area contributed by atoms with Gasteiger partial charge in [0.2, 0.25) is 0 Å². The lowest BCUT2D eigenvalue weighted by Gasteiger charge is -2.09. The second-order valence-electron chi connectivity index (χ2n) is 6.25. The fourth-order valence-corrected chi connectivity index (χ4v) is 3.00. The van der Waals surface area contributed by atoms with Crippen molar-refractivity contribution in [3.8, 4) is 5.75 Å². The molecule has 0 bridgehead atoms. The molecule has 1 heterocycles. The average Bonchev–Trinajstić information content (AvgIpc) is 3.00. The van der Waals surface area contributed by atoms with Gasteiger partial charge in [0.15, 0.2) is 0 Å². The molecule has 5 nitrogen and oxygen atoms in total. The maximum atomic E-state index is 13.1. The Balaban J connectivity index is 1.99. The summed E-state index contributed by atoms with van der Waals surface area (Å²) in [6.07, 6.45) is 3.56. The van der Waals surface area contributed by atoms with Crippen LogP contribution in [0, 0.1) is 6.92 Å². The summed E-state index contributed by atoms with van der Waals surface area (Å²) < 4.78 is 7.21. The van der Waals surface area contributed by atoms with Gasteiger partial charge in [-0.1, -0.05) is 19.1 Å². The van der Waals surface area contributed by atoms with E-state index in [4.69, 9.17) is 9.84 Å². The molecule has 3 rings (SSSR count). The monoisotopic (exact) mass is 363 g/mol. The van der Waals surface area contributed by atoms with Gasteiger partial charge in [0.1, 0.15) is 5.75 Å². The SMILES string of the molecule is CCCOc1ccc(C(=O)n2c(C)cc3c(/C=C/C(=O)O)cccc32)cc1. The van der Waals surface area contributed by atoms with Crippen molar-refractivity contribution in [1.82, 2.24) is 4.57 Å². The number of hydrogen-bond donors (Lipinski definition) is 1. The number of fused-ring (bicyclic) bond motifs is 1. The van der Waals surface area contributed by atoms with Gasteiger partial charge in [-0.3, -0.25) is 9.36 Å². The molecule has 0 radical (unpaired) electrons. The first kappa shape index (κ1) is 18.5. The Labute approximate surface area is 157 Å². The second kappa shape index (κ2) is 7.91. The highest BCUT2D eigenvalue weighted by molar-refractivity contribution is 6.05. The van der Waals surface area contributed by atoms with Crippen molar-refractivity contribution in [3.05, 3.63) is 71.4 Å². The maximum absolute atomic E-state index is 13.1. The first-order chi connectivity index (χ1) is 13.0. The van der Waals surface area contributed by atoms with Crippen LogP contribution in [0.4, 0.5) is 0 Å². The van der Waals surface area contributed by atoms with Crippen LogP contribution in [0.2, 0.25) is 0 Å². The minimum atomic E-state index is -1.01. The van der Waals surface area contributed by atoms with Crippen LogP contribution < -0.4 is 4.74 Å². The van der Waals surface area contributed by atoms with Crippen LogP contribution in [0.25, 0.3) is 17.0 Å². The van der Waals surface area contributed by atoms with E-state index in [1.54, 1.807) is 34.9 Å². The lowest BCUT2D eigenvalue weighted by molar-refractivity contribution is -0.131. The number of carbonyl (C=O) groups excluding carboxylic acids is 1. The molecule has 2 aromatic carbocycles. The van der Waals surface area contributed by atoms with Gasteiger partial charge in [-0.15, -0.1) is 0 Å². The van der Waals surface area contributed by atoms with Crippen LogP contribution in [0.3, 0.4) is 0 Å². The molecule has 0 unspecified atom stereocenters. The van der Waals surface area contributed by atoms with E-state index in [1.165, 1.54) is 0 Å². The second-order valence-corrected chi connectivity index (χ2v) is 6.25. The normalized spacial score (nSPS) is 11.2. The van der Waals surface area contributed by atoms with Gasteiger partial charge < -0.3 is 9.84 Å². The number of ether oxygens (including phenoxy) is 1. The van der Waals surface area contributed by atoms with E-state index in [1.807, 2.05) is 38.1 Å². The zero-order valence-electron chi connectivity index (χ0n) is 15.3. The molecule has 138 valence electrons. The molecule has 0 spiro atoms. The molecule has 0 amide bonds. The molecule has 3 aromatic rings. The molecule has 27 heavy (non-hydrogen) atoms. The Morgan fingerprint density at radius 2 is 1.89 bits per heavy atom. The van der Waals surface area contributed by atoms with Gasteiger partial charge in [-0.05, 0) is 61.4 Å². The van der Waals surface area contributed by atoms with Crippen LogP contribution in [-0.2, 0) is 4.79 Å². The zero-order valence-corrected chi connectivity index (χ0v) is 15.3. The molecular weight excluding hydrogens is 342 g/mol. The first-order valence-corrected chi connectivity index (χ1v) is 8.81. The fourth-order valence-electron chi connectivity index (χ4n) is 3.00. The van der Waals surface area contributed by atoms with Crippen LogP contribution in [0.15, 0.2) is 54.6 Å². The Bertz CT molecular complexity index is 1010. The lowest BCUT2D eigenvalue weighted by atomic mass is 10.1. The molecule has 1 aromatic heterocycles. The lowest BCUT2D eigenvalue weighted by Crippen LogP contribution is -2.13. The highest BCUT2D eigenvalue weighted by Gasteiger charge is 2.16. The topological polar surface area (TPSA) is 68.5 Å². The van der Waals surface area contributed by atoms with E-state index in [0.717, 1.165) is 40.4 Å². The summed E-state index contributed by atoms with van der Waals surface area (Å²) in [6, 6.07) is 14.5. The van der Waals surface area contributed by atoms with E-state index in [0.29, 0.717) is 12.2 Å². The number of carbonyl (C=O) groups is 2. The molecule has 0 saturated carbocycles. The summed E-state index contributed by atoms with van der Waals surface area (Å²) in [6.45, 7) is 4.54. The number of aromatic nitrogens is 1. The van der Waals surface area contributed by atoms with Crippen molar-refractivity contribution in [2.24, 2.45) is 0 Å². The summed E-state index contributed by atoms with van der Waals surface area (Å²) in [4.78, 5) is 23.9. The number of benzene rings is 2. The van der Waals surface area contributed by atoms with E-state index in [9.17, 15) is 9.59 Å². The van der Waals surface area contributed by atoms with Crippen LogP contribution in [-0.4, -0.2) is 28.2 Å². The number of carboxylic acids is 1. The third-order valence-corrected chi connectivity index (χ3v) is 4.25. The van der Waals surface area contributed by atoms with Crippen LogP contribution in [0.1, 0.15) is 35.0 Å². The third-order valence-electron chi connectivity index (χ3n) is 4.25. The quantitative estimate of drug-likeness (QED) is 0.654. The number of aryl methyl sites for hydroxylation is 1. The minimum Gasteiger partial charge on any atom is -0.494 e. The van der Waals surface area contributed by atoms with Crippen molar-refractivity contribution in [3.63, 3.8) is 0 Å². The predicted molar refractivity (Wildman–Crippen MR) is 105 cm³/mol. The van der Waals surface area contributed by atoms with E-state index < -0.39 is 5.97 Å².